The molecule has 112 valence electrons. The van der Waals surface area contributed by atoms with Gasteiger partial charge in [-0.1, -0.05) is 5.21 Å². The first-order valence-electron chi connectivity index (χ1n) is 6.36. The molecular formula is C10H16BrN5O3S. The Morgan fingerprint density at radius 2 is 2.30 bits per heavy atom. The molecule has 1 saturated heterocycles. The zero-order chi connectivity index (χ0) is 14.5. The van der Waals surface area contributed by atoms with E-state index in [0.717, 1.165) is 12.8 Å². The van der Waals surface area contributed by atoms with Gasteiger partial charge in [0.1, 0.15) is 0 Å². The van der Waals surface area contributed by atoms with Crippen molar-refractivity contribution in [1.82, 2.24) is 19.7 Å². The largest absolute Gasteiger partial charge is 0.376 e. The van der Waals surface area contributed by atoms with Crippen LogP contribution in [-0.4, -0.2) is 48.2 Å². The Balaban J connectivity index is 1.81. The highest BCUT2D eigenvalue weighted by Gasteiger charge is 2.52. The number of rotatable bonds is 3. The number of sulfonamides is 1. The number of nitrogens with zero attached hydrogens (tertiary/aromatic N) is 3. The molecule has 4 atom stereocenters. The van der Waals surface area contributed by atoms with Gasteiger partial charge in [0.2, 0.25) is 5.03 Å². The highest BCUT2D eigenvalue weighted by Crippen LogP contribution is 2.37. The molecule has 0 bridgehead atoms. The maximum Gasteiger partial charge on any atom is 0.260 e. The lowest BCUT2D eigenvalue weighted by Crippen LogP contribution is -2.72. The van der Waals surface area contributed by atoms with E-state index in [0.29, 0.717) is 6.61 Å². The summed E-state index contributed by atoms with van der Waals surface area (Å²) < 4.78 is 34.4. The smallest absolute Gasteiger partial charge is 0.260 e. The second kappa shape index (κ2) is 5.02. The molecule has 1 saturated carbocycles. The van der Waals surface area contributed by atoms with Gasteiger partial charge in [-0.05, 0) is 28.8 Å². The SMILES string of the molecule is Cn1nnc(Br)c1S(=O)(=O)NC1C(N)C2CCCOC21. The minimum Gasteiger partial charge on any atom is -0.376 e. The molecule has 3 rings (SSSR count). The van der Waals surface area contributed by atoms with Gasteiger partial charge in [-0.3, -0.25) is 0 Å². The van der Waals surface area contributed by atoms with Gasteiger partial charge in [0.15, 0.2) is 4.60 Å². The van der Waals surface area contributed by atoms with Crippen LogP contribution in [0, 0.1) is 5.92 Å². The fraction of sp³-hybridized carbons (Fsp3) is 0.800. The number of halogens is 1. The maximum atomic E-state index is 12.4. The Labute approximate surface area is 125 Å². The van der Waals surface area contributed by atoms with Gasteiger partial charge in [-0.2, -0.15) is 0 Å². The number of hydrogen-bond donors (Lipinski definition) is 2. The van der Waals surface area contributed by atoms with Crippen molar-refractivity contribution < 1.29 is 13.2 Å². The van der Waals surface area contributed by atoms with E-state index >= 15 is 0 Å². The van der Waals surface area contributed by atoms with Crippen molar-refractivity contribution in [1.29, 1.82) is 0 Å². The standard InChI is InChI=1S/C10H16BrN5O3S/c1-16-10(9(11)13-15-16)20(17,18)14-7-6(12)5-3-2-4-19-8(5)7/h5-8,14H,2-4,12H2,1H3. The van der Waals surface area contributed by atoms with E-state index in [1.165, 1.54) is 11.7 Å². The summed E-state index contributed by atoms with van der Waals surface area (Å²) in [4.78, 5) is 0. The molecule has 2 fully saturated rings. The molecule has 20 heavy (non-hydrogen) atoms. The Bertz CT molecular complexity index is 599. The van der Waals surface area contributed by atoms with Gasteiger partial charge in [-0.15, -0.1) is 5.10 Å². The Morgan fingerprint density at radius 1 is 1.55 bits per heavy atom. The molecular weight excluding hydrogens is 350 g/mol. The van der Waals surface area contributed by atoms with E-state index in [2.05, 4.69) is 31.0 Å². The first kappa shape index (κ1) is 14.4. The summed E-state index contributed by atoms with van der Waals surface area (Å²) in [5.74, 6) is 0.240. The lowest BCUT2D eigenvalue weighted by Gasteiger charge is -2.52. The highest BCUT2D eigenvalue weighted by molar-refractivity contribution is 9.10. The summed E-state index contributed by atoms with van der Waals surface area (Å²) >= 11 is 3.09. The molecule has 1 aliphatic carbocycles. The van der Waals surface area contributed by atoms with E-state index in [1.54, 1.807) is 0 Å². The molecule has 3 N–H and O–H groups in total. The summed E-state index contributed by atoms with van der Waals surface area (Å²) in [5, 5.41) is 7.34. The van der Waals surface area contributed by atoms with Crippen molar-refractivity contribution in [3.05, 3.63) is 4.60 Å². The quantitative estimate of drug-likeness (QED) is 0.736. The average Bonchev–Trinajstić information content (AvgIpc) is 2.76. The average molecular weight is 366 g/mol. The van der Waals surface area contributed by atoms with E-state index < -0.39 is 16.1 Å². The molecule has 2 aliphatic rings. The van der Waals surface area contributed by atoms with Crippen molar-refractivity contribution in [3.63, 3.8) is 0 Å². The van der Waals surface area contributed by atoms with Crippen LogP contribution in [0.2, 0.25) is 0 Å². The Morgan fingerprint density at radius 3 is 2.95 bits per heavy atom. The van der Waals surface area contributed by atoms with Gasteiger partial charge in [0.25, 0.3) is 10.0 Å². The minimum absolute atomic E-state index is 0.0102. The van der Waals surface area contributed by atoms with E-state index in [1.807, 2.05) is 0 Å². The van der Waals surface area contributed by atoms with Gasteiger partial charge in [0.05, 0.1) is 12.1 Å². The summed E-state index contributed by atoms with van der Waals surface area (Å²) in [6.45, 7) is 0.656. The van der Waals surface area contributed by atoms with Crippen LogP contribution < -0.4 is 10.5 Å². The van der Waals surface area contributed by atoms with Crippen LogP contribution in [0.4, 0.5) is 0 Å². The van der Waals surface area contributed by atoms with E-state index in [4.69, 9.17) is 10.5 Å². The monoisotopic (exact) mass is 365 g/mol. The lowest BCUT2D eigenvalue weighted by molar-refractivity contribution is -0.114. The number of aryl methyl sites for hydroxylation is 1. The Kier molecular flexibility index (Phi) is 3.61. The van der Waals surface area contributed by atoms with Crippen molar-refractivity contribution in [2.75, 3.05) is 6.61 Å². The van der Waals surface area contributed by atoms with Crippen molar-refractivity contribution in [2.45, 2.75) is 36.1 Å². The number of nitrogens with one attached hydrogen (secondary N) is 1. The molecule has 4 unspecified atom stereocenters. The predicted octanol–water partition coefficient (Wildman–Crippen LogP) is -0.639. The molecule has 0 spiro atoms. The van der Waals surface area contributed by atoms with Gasteiger partial charge >= 0.3 is 0 Å². The molecule has 10 heteroatoms. The first-order chi connectivity index (χ1) is 9.42. The third kappa shape index (κ3) is 2.19. The number of ether oxygens (including phenoxy) is 1. The van der Waals surface area contributed by atoms with Crippen molar-refractivity contribution in [2.24, 2.45) is 18.7 Å². The van der Waals surface area contributed by atoms with Crippen molar-refractivity contribution >= 4 is 26.0 Å². The normalized spacial score (nSPS) is 33.5. The first-order valence-corrected chi connectivity index (χ1v) is 8.64. The molecule has 0 aromatic carbocycles. The second-order valence-electron chi connectivity index (χ2n) is 5.17. The van der Waals surface area contributed by atoms with Crippen LogP contribution in [0.25, 0.3) is 0 Å². The molecule has 1 aliphatic heterocycles. The number of hydrogen-bond acceptors (Lipinski definition) is 6. The third-order valence-electron chi connectivity index (χ3n) is 3.96. The van der Waals surface area contributed by atoms with Crippen LogP contribution in [0.1, 0.15) is 12.8 Å². The zero-order valence-corrected chi connectivity index (χ0v) is 13.3. The molecule has 1 aromatic heterocycles. The minimum atomic E-state index is -3.74. The third-order valence-corrected chi connectivity index (χ3v) is 6.31. The van der Waals surface area contributed by atoms with Crippen LogP contribution in [0.15, 0.2) is 9.63 Å². The molecule has 2 heterocycles. The molecule has 1 aromatic rings. The van der Waals surface area contributed by atoms with Crippen LogP contribution in [0.3, 0.4) is 0 Å². The summed E-state index contributed by atoms with van der Waals surface area (Å²) in [6.07, 6.45) is 1.83. The molecule has 0 radical (unpaired) electrons. The molecule has 0 amide bonds. The van der Waals surface area contributed by atoms with E-state index in [-0.39, 0.29) is 27.7 Å². The van der Waals surface area contributed by atoms with Gasteiger partial charge in [-0.25, -0.2) is 17.8 Å². The lowest BCUT2D eigenvalue weighted by atomic mass is 9.69. The fourth-order valence-electron chi connectivity index (χ4n) is 2.94. The van der Waals surface area contributed by atoms with Crippen LogP contribution >= 0.6 is 15.9 Å². The number of nitrogens with two attached hydrogens (primary N) is 1. The maximum absolute atomic E-state index is 12.4. The number of aromatic nitrogens is 3. The van der Waals surface area contributed by atoms with Crippen molar-refractivity contribution in [3.8, 4) is 0 Å². The number of fused-ring (bicyclic) bond motifs is 1. The van der Waals surface area contributed by atoms with Crippen LogP contribution in [-0.2, 0) is 21.8 Å². The Hall–Kier alpha value is -0.550. The summed E-state index contributed by atoms with van der Waals surface area (Å²) in [7, 11) is -2.22. The van der Waals surface area contributed by atoms with Gasteiger partial charge < -0.3 is 10.5 Å². The van der Waals surface area contributed by atoms with Crippen LogP contribution in [0.5, 0.6) is 0 Å². The fourth-order valence-corrected chi connectivity index (χ4v) is 5.31. The van der Waals surface area contributed by atoms with E-state index in [9.17, 15) is 8.42 Å². The second-order valence-corrected chi connectivity index (χ2v) is 7.56. The predicted molar refractivity (Wildman–Crippen MR) is 73.3 cm³/mol. The molecule has 8 nitrogen and oxygen atoms in total. The highest BCUT2D eigenvalue weighted by atomic mass is 79.9. The van der Waals surface area contributed by atoms with Gasteiger partial charge in [0, 0.05) is 25.6 Å². The zero-order valence-electron chi connectivity index (χ0n) is 10.9. The topological polar surface area (TPSA) is 112 Å². The summed E-state index contributed by atoms with van der Waals surface area (Å²) in [5.41, 5.74) is 6.06. The summed E-state index contributed by atoms with van der Waals surface area (Å²) in [6, 6.07) is -0.609.